The maximum absolute atomic E-state index is 12.6. The van der Waals surface area contributed by atoms with Crippen LogP contribution in [0.1, 0.15) is 42.5 Å². The van der Waals surface area contributed by atoms with Crippen molar-refractivity contribution in [3.63, 3.8) is 0 Å². The first-order chi connectivity index (χ1) is 12.7. The summed E-state index contributed by atoms with van der Waals surface area (Å²) in [5.41, 5.74) is 0.703. The summed E-state index contributed by atoms with van der Waals surface area (Å²) in [5, 5.41) is 2.20. The molecule has 2 saturated heterocycles. The van der Waals surface area contributed by atoms with Gasteiger partial charge in [-0.3, -0.25) is 14.5 Å². The summed E-state index contributed by atoms with van der Waals surface area (Å²) in [4.78, 5) is 29.7. The van der Waals surface area contributed by atoms with Gasteiger partial charge in [0.2, 0.25) is 5.91 Å². The molecule has 0 saturated carbocycles. The minimum Gasteiger partial charge on any atom is -0.341 e. The first kappa shape index (κ1) is 17.2. The van der Waals surface area contributed by atoms with E-state index in [-0.39, 0.29) is 11.7 Å². The second-order valence-corrected chi connectivity index (χ2v) is 7.51. The van der Waals surface area contributed by atoms with Crippen LogP contribution in [0.15, 0.2) is 42.5 Å². The van der Waals surface area contributed by atoms with Crippen molar-refractivity contribution in [1.29, 1.82) is 0 Å². The van der Waals surface area contributed by atoms with Gasteiger partial charge >= 0.3 is 0 Å². The third kappa shape index (κ3) is 3.65. The SMILES string of the molecule is O=C(CCC(=O)N1CCCN2CCC[C@@H]2C1)c1ccc2ccccc2c1. The highest BCUT2D eigenvalue weighted by Crippen LogP contribution is 2.22. The molecule has 136 valence electrons. The van der Waals surface area contributed by atoms with Crippen molar-refractivity contribution in [3.8, 4) is 0 Å². The molecule has 4 heteroatoms. The fourth-order valence-electron chi connectivity index (χ4n) is 4.32. The van der Waals surface area contributed by atoms with Gasteiger partial charge in [-0.2, -0.15) is 0 Å². The van der Waals surface area contributed by atoms with E-state index < -0.39 is 0 Å². The number of carbonyl (C=O) groups is 2. The number of ketones is 1. The third-order valence-electron chi connectivity index (χ3n) is 5.79. The van der Waals surface area contributed by atoms with Gasteiger partial charge in [0.1, 0.15) is 0 Å². The van der Waals surface area contributed by atoms with Gasteiger partial charge < -0.3 is 4.90 Å². The van der Waals surface area contributed by atoms with Gasteiger partial charge in [-0.25, -0.2) is 0 Å². The van der Waals surface area contributed by atoms with E-state index in [4.69, 9.17) is 0 Å². The molecule has 0 bridgehead atoms. The molecular weight excluding hydrogens is 324 g/mol. The molecule has 1 amide bonds. The molecule has 2 aromatic carbocycles. The molecule has 0 aromatic heterocycles. The maximum Gasteiger partial charge on any atom is 0.223 e. The molecule has 2 aliphatic heterocycles. The van der Waals surface area contributed by atoms with Crippen molar-refractivity contribution < 1.29 is 9.59 Å². The summed E-state index contributed by atoms with van der Waals surface area (Å²) in [6.45, 7) is 3.94. The van der Waals surface area contributed by atoms with E-state index in [1.54, 1.807) is 0 Å². The third-order valence-corrected chi connectivity index (χ3v) is 5.79. The fraction of sp³-hybridized carbons (Fsp3) is 0.455. The van der Waals surface area contributed by atoms with Crippen LogP contribution in [0, 0.1) is 0 Å². The highest BCUT2D eigenvalue weighted by atomic mass is 16.2. The number of carbonyl (C=O) groups excluding carboxylic acids is 2. The molecule has 4 nitrogen and oxygen atoms in total. The largest absolute Gasteiger partial charge is 0.341 e. The first-order valence-corrected chi connectivity index (χ1v) is 9.74. The quantitative estimate of drug-likeness (QED) is 0.793. The summed E-state index contributed by atoms with van der Waals surface area (Å²) < 4.78 is 0. The lowest BCUT2D eigenvalue weighted by Gasteiger charge is -2.25. The van der Waals surface area contributed by atoms with Crippen LogP contribution in [0.4, 0.5) is 0 Å². The van der Waals surface area contributed by atoms with Gasteiger partial charge in [-0.15, -0.1) is 0 Å². The molecule has 2 aliphatic rings. The van der Waals surface area contributed by atoms with Crippen LogP contribution in [0.25, 0.3) is 10.8 Å². The van der Waals surface area contributed by atoms with E-state index in [2.05, 4.69) is 4.90 Å². The minimum absolute atomic E-state index is 0.0569. The predicted molar refractivity (Wildman–Crippen MR) is 103 cm³/mol. The van der Waals surface area contributed by atoms with Gasteiger partial charge in [0, 0.05) is 44.1 Å². The van der Waals surface area contributed by atoms with E-state index in [1.165, 1.54) is 19.4 Å². The number of Topliss-reactive ketones (excluding diaryl/α,β-unsaturated/α-hetero) is 1. The van der Waals surface area contributed by atoms with Crippen molar-refractivity contribution in [2.24, 2.45) is 0 Å². The molecule has 26 heavy (non-hydrogen) atoms. The number of nitrogens with zero attached hydrogens (tertiary/aromatic N) is 2. The topological polar surface area (TPSA) is 40.6 Å². The van der Waals surface area contributed by atoms with E-state index in [9.17, 15) is 9.59 Å². The van der Waals surface area contributed by atoms with Gasteiger partial charge in [0.25, 0.3) is 0 Å². The van der Waals surface area contributed by atoms with Gasteiger partial charge in [0.05, 0.1) is 0 Å². The summed E-state index contributed by atoms with van der Waals surface area (Å²) >= 11 is 0. The number of hydrogen-bond donors (Lipinski definition) is 0. The summed E-state index contributed by atoms with van der Waals surface area (Å²) in [5.74, 6) is 0.189. The van der Waals surface area contributed by atoms with Crippen LogP contribution >= 0.6 is 0 Å². The molecule has 0 unspecified atom stereocenters. The second-order valence-electron chi connectivity index (χ2n) is 7.51. The van der Waals surface area contributed by atoms with Crippen LogP contribution in [0.5, 0.6) is 0 Å². The van der Waals surface area contributed by atoms with Gasteiger partial charge in [-0.1, -0.05) is 36.4 Å². The number of fused-ring (bicyclic) bond motifs is 2. The Morgan fingerprint density at radius 1 is 0.923 bits per heavy atom. The van der Waals surface area contributed by atoms with Crippen molar-refractivity contribution in [2.45, 2.75) is 38.1 Å². The summed E-state index contributed by atoms with van der Waals surface area (Å²) in [6, 6.07) is 14.3. The van der Waals surface area contributed by atoms with Crippen LogP contribution in [0.2, 0.25) is 0 Å². The standard InChI is InChI=1S/C22H26N2O2/c25-21(19-9-8-17-5-1-2-6-18(17)15-19)10-11-22(26)24-14-4-13-23-12-3-7-20(23)16-24/h1-2,5-6,8-9,15,20H,3-4,7,10-14,16H2/t20-/m1/s1. The molecule has 4 rings (SSSR count). The Labute approximate surface area is 154 Å². The van der Waals surface area contributed by atoms with Crippen molar-refractivity contribution in [2.75, 3.05) is 26.2 Å². The van der Waals surface area contributed by atoms with E-state index in [1.807, 2.05) is 47.4 Å². The zero-order chi connectivity index (χ0) is 17.9. The van der Waals surface area contributed by atoms with Gasteiger partial charge in [-0.05, 0) is 42.6 Å². The average molecular weight is 350 g/mol. The molecule has 1 atom stereocenters. The molecule has 0 N–H and O–H groups in total. The summed E-state index contributed by atoms with van der Waals surface area (Å²) in [7, 11) is 0. The molecular formula is C22H26N2O2. The van der Waals surface area contributed by atoms with E-state index in [0.717, 1.165) is 36.8 Å². The van der Waals surface area contributed by atoms with E-state index >= 15 is 0 Å². The highest BCUT2D eigenvalue weighted by molar-refractivity contribution is 6.01. The van der Waals surface area contributed by atoms with E-state index in [0.29, 0.717) is 24.4 Å². The van der Waals surface area contributed by atoms with Crippen LogP contribution in [0.3, 0.4) is 0 Å². The lowest BCUT2D eigenvalue weighted by molar-refractivity contribution is -0.131. The molecule has 0 radical (unpaired) electrons. The number of benzene rings is 2. The molecule has 0 spiro atoms. The van der Waals surface area contributed by atoms with Crippen LogP contribution in [-0.4, -0.2) is 53.7 Å². The lowest BCUT2D eigenvalue weighted by atomic mass is 10.0. The Hall–Kier alpha value is -2.20. The highest BCUT2D eigenvalue weighted by Gasteiger charge is 2.30. The van der Waals surface area contributed by atoms with Crippen molar-refractivity contribution in [3.05, 3.63) is 48.0 Å². The lowest BCUT2D eigenvalue weighted by Crippen LogP contribution is -2.39. The zero-order valence-corrected chi connectivity index (χ0v) is 15.2. The molecule has 0 aliphatic carbocycles. The molecule has 2 heterocycles. The Kier molecular flexibility index (Phi) is 5.02. The zero-order valence-electron chi connectivity index (χ0n) is 15.2. The number of rotatable bonds is 4. The normalized spacial score (nSPS) is 20.8. The van der Waals surface area contributed by atoms with Crippen molar-refractivity contribution >= 4 is 22.5 Å². The predicted octanol–water partition coefficient (Wildman–Crippen LogP) is 3.50. The van der Waals surface area contributed by atoms with Gasteiger partial charge in [0.15, 0.2) is 5.78 Å². The number of hydrogen-bond acceptors (Lipinski definition) is 3. The Balaban J connectivity index is 1.36. The van der Waals surface area contributed by atoms with Crippen molar-refractivity contribution in [1.82, 2.24) is 9.80 Å². The second kappa shape index (κ2) is 7.58. The Morgan fingerprint density at radius 2 is 1.73 bits per heavy atom. The average Bonchev–Trinajstić information content (AvgIpc) is 3.02. The smallest absolute Gasteiger partial charge is 0.223 e. The Bertz CT molecular complexity index is 817. The summed E-state index contributed by atoms with van der Waals surface area (Å²) in [6.07, 6.45) is 4.09. The monoisotopic (exact) mass is 350 g/mol. The maximum atomic E-state index is 12.6. The fourth-order valence-corrected chi connectivity index (χ4v) is 4.32. The molecule has 2 aromatic rings. The Morgan fingerprint density at radius 3 is 2.62 bits per heavy atom. The van der Waals surface area contributed by atoms with Crippen LogP contribution in [-0.2, 0) is 4.79 Å². The van der Waals surface area contributed by atoms with Crippen LogP contribution < -0.4 is 0 Å². The minimum atomic E-state index is 0.0569. The first-order valence-electron chi connectivity index (χ1n) is 9.74. The molecule has 2 fully saturated rings. The number of amides is 1.